The standard InChI is InChI=1S/C21H21N/c1-3-16(2)17-8-6-9-18(14-17)19-10-7-11-20(15-19)21-12-4-5-13-22-21/h4-16H,3H2,1-2H3. The lowest BCUT2D eigenvalue weighted by molar-refractivity contribution is 0.734. The minimum atomic E-state index is 0.596. The summed E-state index contributed by atoms with van der Waals surface area (Å²) < 4.78 is 0. The lowest BCUT2D eigenvalue weighted by Crippen LogP contribution is -1.91. The highest BCUT2D eigenvalue weighted by molar-refractivity contribution is 5.71. The molecule has 0 saturated carbocycles. The molecule has 0 aliphatic carbocycles. The summed E-state index contributed by atoms with van der Waals surface area (Å²) >= 11 is 0. The van der Waals surface area contributed by atoms with Crippen molar-refractivity contribution < 1.29 is 0 Å². The maximum absolute atomic E-state index is 4.44. The Balaban J connectivity index is 1.99. The molecule has 0 aliphatic rings. The Morgan fingerprint density at radius 2 is 1.55 bits per heavy atom. The van der Waals surface area contributed by atoms with E-state index in [4.69, 9.17) is 0 Å². The molecule has 0 bridgehead atoms. The molecule has 1 atom stereocenters. The fourth-order valence-corrected chi connectivity index (χ4v) is 2.65. The summed E-state index contributed by atoms with van der Waals surface area (Å²) in [5.74, 6) is 0.596. The van der Waals surface area contributed by atoms with Gasteiger partial charge in [0.15, 0.2) is 0 Å². The van der Waals surface area contributed by atoms with E-state index in [2.05, 4.69) is 73.4 Å². The predicted molar refractivity (Wildman–Crippen MR) is 93.8 cm³/mol. The summed E-state index contributed by atoms with van der Waals surface area (Å²) in [6, 6.07) is 23.5. The van der Waals surface area contributed by atoms with Crippen LogP contribution in [-0.4, -0.2) is 4.98 Å². The van der Waals surface area contributed by atoms with Gasteiger partial charge in [0.2, 0.25) is 0 Å². The first-order valence-corrected chi connectivity index (χ1v) is 7.89. The Kier molecular flexibility index (Phi) is 4.34. The van der Waals surface area contributed by atoms with Crippen molar-refractivity contribution in [3.63, 3.8) is 0 Å². The second-order valence-electron chi connectivity index (χ2n) is 5.73. The van der Waals surface area contributed by atoms with Crippen molar-refractivity contribution in [2.45, 2.75) is 26.2 Å². The van der Waals surface area contributed by atoms with Crippen LogP contribution in [0.2, 0.25) is 0 Å². The van der Waals surface area contributed by atoms with Crippen LogP contribution in [-0.2, 0) is 0 Å². The molecule has 1 heteroatoms. The summed E-state index contributed by atoms with van der Waals surface area (Å²) in [5.41, 5.74) is 6.10. The van der Waals surface area contributed by atoms with E-state index in [1.807, 2.05) is 18.3 Å². The Hall–Kier alpha value is -2.41. The number of rotatable bonds is 4. The summed E-state index contributed by atoms with van der Waals surface area (Å²) in [5, 5.41) is 0. The predicted octanol–water partition coefficient (Wildman–Crippen LogP) is 5.93. The van der Waals surface area contributed by atoms with Gasteiger partial charge in [-0.3, -0.25) is 4.98 Å². The topological polar surface area (TPSA) is 12.9 Å². The first-order valence-electron chi connectivity index (χ1n) is 7.89. The summed E-state index contributed by atoms with van der Waals surface area (Å²) in [4.78, 5) is 4.44. The van der Waals surface area contributed by atoms with E-state index in [0.717, 1.165) is 17.7 Å². The van der Waals surface area contributed by atoms with Crippen LogP contribution >= 0.6 is 0 Å². The van der Waals surface area contributed by atoms with E-state index in [9.17, 15) is 0 Å². The molecular formula is C21H21N. The summed E-state index contributed by atoms with van der Waals surface area (Å²) in [6.45, 7) is 4.52. The number of nitrogens with zero attached hydrogens (tertiary/aromatic N) is 1. The smallest absolute Gasteiger partial charge is 0.0702 e. The van der Waals surface area contributed by atoms with Crippen molar-refractivity contribution in [1.82, 2.24) is 4.98 Å². The van der Waals surface area contributed by atoms with Gasteiger partial charge in [0.05, 0.1) is 5.69 Å². The lowest BCUT2D eigenvalue weighted by Gasteiger charge is -2.11. The molecule has 1 aromatic heterocycles. The van der Waals surface area contributed by atoms with Gasteiger partial charge in [-0.1, -0.05) is 62.4 Å². The van der Waals surface area contributed by atoms with Gasteiger partial charge in [0, 0.05) is 11.8 Å². The van der Waals surface area contributed by atoms with Gasteiger partial charge in [-0.05, 0) is 47.2 Å². The van der Waals surface area contributed by atoms with E-state index in [1.165, 1.54) is 16.7 Å². The number of aromatic nitrogens is 1. The molecule has 3 rings (SSSR count). The van der Waals surface area contributed by atoms with Gasteiger partial charge < -0.3 is 0 Å². The van der Waals surface area contributed by atoms with Crippen molar-refractivity contribution in [2.75, 3.05) is 0 Å². The monoisotopic (exact) mass is 287 g/mol. The van der Waals surface area contributed by atoms with Crippen LogP contribution in [0, 0.1) is 0 Å². The average molecular weight is 287 g/mol. The van der Waals surface area contributed by atoms with Gasteiger partial charge in [-0.15, -0.1) is 0 Å². The molecular weight excluding hydrogens is 266 g/mol. The molecule has 110 valence electrons. The normalized spacial score (nSPS) is 12.1. The van der Waals surface area contributed by atoms with Gasteiger partial charge >= 0.3 is 0 Å². The van der Waals surface area contributed by atoms with E-state index in [-0.39, 0.29) is 0 Å². The number of hydrogen-bond acceptors (Lipinski definition) is 1. The number of hydrogen-bond donors (Lipinski definition) is 0. The Morgan fingerprint density at radius 3 is 2.27 bits per heavy atom. The zero-order chi connectivity index (χ0) is 15.4. The molecule has 0 aliphatic heterocycles. The summed E-state index contributed by atoms with van der Waals surface area (Å²) in [7, 11) is 0. The third-order valence-corrected chi connectivity index (χ3v) is 4.22. The molecule has 0 amide bonds. The highest BCUT2D eigenvalue weighted by Crippen LogP contribution is 2.28. The van der Waals surface area contributed by atoms with E-state index in [1.54, 1.807) is 0 Å². The van der Waals surface area contributed by atoms with Crippen LogP contribution in [0.4, 0.5) is 0 Å². The molecule has 0 saturated heterocycles. The molecule has 22 heavy (non-hydrogen) atoms. The van der Waals surface area contributed by atoms with E-state index in [0.29, 0.717) is 5.92 Å². The molecule has 0 spiro atoms. The molecule has 2 aromatic carbocycles. The van der Waals surface area contributed by atoms with Gasteiger partial charge in [-0.25, -0.2) is 0 Å². The van der Waals surface area contributed by atoms with Crippen molar-refractivity contribution in [2.24, 2.45) is 0 Å². The zero-order valence-corrected chi connectivity index (χ0v) is 13.2. The van der Waals surface area contributed by atoms with Gasteiger partial charge in [0.25, 0.3) is 0 Å². The highest BCUT2D eigenvalue weighted by atomic mass is 14.7. The first kappa shape index (κ1) is 14.5. The second kappa shape index (κ2) is 6.57. The fourth-order valence-electron chi connectivity index (χ4n) is 2.65. The molecule has 0 fully saturated rings. The highest BCUT2D eigenvalue weighted by Gasteiger charge is 2.06. The largest absolute Gasteiger partial charge is 0.256 e. The maximum Gasteiger partial charge on any atom is 0.0702 e. The Morgan fingerprint density at radius 1 is 0.818 bits per heavy atom. The minimum Gasteiger partial charge on any atom is -0.256 e. The SMILES string of the molecule is CCC(C)c1cccc(-c2cccc(-c3ccccn3)c2)c1. The maximum atomic E-state index is 4.44. The Bertz CT molecular complexity index is 747. The molecule has 0 N–H and O–H groups in total. The van der Waals surface area contributed by atoms with Crippen molar-refractivity contribution in [3.8, 4) is 22.4 Å². The molecule has 1 nitrogen and oxygen atoms in total. The molecule has 1 heterocycles. The van der Waals surface area contributed by atoms with Gasteiger partial charge in [-0.2, -0.15) is 0 Å². The van der Waals surface area contributed by atoms with E-state index < -0.39 is 0 Å². The lowest BCUT2D eigenvalue weighted by atomic mass is 9.94. The molecule has 1 unspecified atom stereocenters. The zero-order valence-electron chi connectivity index (χ0n) is 13.2. The summed E-state index contributed by atoms with van der Waals surface area (Å²) in [6.07, 6.45) is 3.00. The quantitative estimate of drug-likeness (QED) is 0.579. The van der Waals surface area contributed by atoms with Crippen LogP contribution in [0.5, 0.6) is 0 Å². The molecule has 0 radical (unpaired) electrons. The third kappa shape index (κ3) is 3.09. The first-order chi connectivity index (χ1) is 10.8. The number of pyridine rings is 1. The van der Waals surface area contributed by atoms with E-state index >= 15 is 0 Å². The third-order valence-electron chi connectivity index (χ3n) is 4.22. The number of benzene rings is 2. The van der Waals surface area contributed by atoms with Crippen molar-refractivity contribution >= 4 is 0 Å². The fraction of sp³-hybridized carbons (Fsp3) is 0.190. The van der Waals surface area contributed by atoms with Crippen molar-refractivity contribution in [1.29, 1.82) is 0 Å². The van der Waals surface area contributed by atoms with Crippen molar-refractivity contribution in [3.05, 3.63) is 78.5 Å². The minimum absolute atomic E-state index is 0.596. The van der Waals surface area contributed by atoms with Crippen LogP contribution in [0.1, 0.15) is 31.7 Å². The Labute approximate surface area is 132 Å². The molecule has 3 aromatic rings. The van der Waals surface area contributed by atoms with Gasteiger partial charge in [0.1, 0.15) is 0 Å². The average Bonchev–Trinajstić information content (AvgIpc) is 2.62. The van der Waals surface area contributed by atoms with Crippen LogP contribution < -0.4 is 0 Å². The van der Waals surface area contributed by atoms with Crippen LogP contribution in [0.25, 0.3) is 22.4 Å². The van der Waals surface area contributed by atoms with Crippen LogP contribution in [0.3, 0.4) is 0 Å². The van der Waals surface area contributed by atoms with Crippen LogP contribution in [0.15, 0.2) is 72.9 Å². The second-order valence-corrected chi connectivity index (χ2v) is 5.73.